The third kappa shape index (κ3) is 8.73. The summed E-state index contributed by atoms with van der Waals surface area (Å²) in [4.78, 5) is 29.8. The zero-order chi connectivity index (χ0) is 34.5. The number of fused-ring (bicyclic) bond motifs is 1. The molecular weight excluding hydrogens is 701 g/mol. The van der Waals surface area contributed by atoms with Crippen molar-refractivity contribution in [1.29, 1.82) is 0 Å². The molecule has 1 aliphatic rings. The number of carbonyl (C=O) groups is 2. The Kier molecular flexibility index (Phi) is 10.7. The van der Waals surface area contributed by atoms with Crippen molar-refractivity contribution in [2.24, 2.45) is 0 Å². The summed E-state index contributed by atoms with van der Waals surface area (Å²) in [6.07, 6.45) is 0.177. The lowest BCUT2D eigenvalue weighted by Crippen LogP contribution is -2.56. The van der Waals surface area contributed by atoms with Crippen molar-refractivity contribution in [3.05, 3.63) is 118 Å². The number of hydrogen-bond acceptors (Lipinski definition) is 6. The van der Waals surface area contributed by atoms with E-state index in [4.69, 9.17) is 9.47 Å². The molecule has 4 aromatic rings. The van der Waals surface area contributed by atoms with Crippen molar-refractivity contribution in [1.82, 2.24) is 10.2 Å². The predicted molar refractivity (Wildman–Crippen MR) is 185 cm³/mol. The quantitative estimate of drug-likeness (QED) is 0.199. The van der Waals surface area contributed by atoms with Crippen LogP contribution in [-0.4, -0.2) is 56.5 Å². The summed E-state index contributed by atoms with van der Waals surface area (Å²) in [5.41, 5.74) is 1.01. The van der Waals surface area contributed by atoms with E-state index < -0.39 is 39.9 Å². The van der Waals surface area contributed by atoms with Crippen molar-refractivity contribution in [3.8, 4) is 11.5 Å². The number of nitrogens with one attached hydrogen (secondary N) is 1. The first-order valence-corrected chi connectivity index (χ1v) is 17.6. The highest BCUT2D eigenvalue weighted by Gasteiger charge is 2.36. The Bertz CT molecular complexity index is 1850. The SMILES string of the molecule is CC(C)(C)NC(=O)[C@@H](Cc1ccccc1)N(Cc1ccc(Br)cc1)C(=O)CN(c1ccc(F)cc1)S(=O)(=O)c1ccc2c(c1)OCCO2. The third-order valence-corrected chi connectivity index (χ3v) is 9.83. The maximum atomic E-state index is 14.6. The fraction of sp³-hybridized carbons (Fsp3) is 0.278. The Morgan fingerprint density at radius 1 is 0.875 bits per heavy atom. The van der Waals surface area contributed by atoms with Gasteiger partial charge in [0.05, 0.1) is 10.6 Å². The molecule has 1 heterocycles. The van der Waals surface area contributed by atoms with E-state index in [0.717, 1.165) is 32.0 Å². The molecule has 0 spiro atoms. The van der Waals surface area contributed by atoms with Crippen LogP contribution in [0.3, 0.4) is 0 Å². The molecule has 1 atom stereocenters. The van der Waals surface area contributed by atoms with E-state index in [2.05, 4.69) is 21.2 Å². The molecule has 0 fully saturated rings. The summed E-state index contributed by atoms with van der Waals surface area (Å²) in [5, 5.41) is 3.01. The Morgan fingerprint density at radius 2 is 1.52 bits per heavy atom. The number of sulfonamides is 1. The van der Waals surface area contributed by atoms with E-state index >= 15 is 0 Å². The molecule has 252 valence electrons. The van der Waals surface area contributed by atoms with Gasteiger partial charge in [-0.05, 0) is 80.4 Å². The third-order valence-electron chi connectivity index (χ3n) is 7.53. The number of ether oxygens (including phenoxy) is 2. The maximum Gasteiger partial charge on any atom is 0.264 e. The second-order valence-corrected chi connectivity index (χ2v) is 15.2. The smallest absolute Gasteiger partial charge is 0.264 e. The van der Waals surface area contributed by atoms with Gasteiger partial charge in [-0.2, -0.15) is 0 Å². The van der Waals surface area contributed by atoms with Gasteiger partial charge in [0.25, 0.3) is 10.0 Å². The summed E-state index contributed by atoms with van der Waals surface area (Å²) >= 11 is 3.44. The molecule has 9 nitrogen and oxygen atoms in total. The molecule has 0 bridgehead atoms. The number of benzene rings is 4. The topological polar surface area (TPSA) is 105 Å². The van der Waals surface area contributed by atoms with E-state index in [1.807, 2.05) is 75.4 Å². The molecule has 1 aliphatic heterocycles. The number of hydrogen-bond donors (Lipinski definition) is 1. The molecule has 1 N–H and O–H groups in total. The van der Waals surface area contributed by atoms with Gasteiger partial charge >= 0.3 is 0 Å². The summed E-state index contributed by atoms with van der Waals surface area (Å²) in [5.74, 6) is -0.932. The molecule has 12 heteroatoms. The molecular formula is C36H37BrFN3O6S. The largest absolute Gasteiger partial charge is 0.486 e. The van der Waals surface area contributed by atoms with Crippen molar-refractivity contribution < 1.29 is 31.9 Å². The van der Waals surface area contributed by atoms with Gasteiger partial charge in [0, 0.05) is 29.0 Å². The zero-order valence-electron chi connectivity index (χ0n) is 26.9. The lowest BCUT2D eigenvalue weighted by Gasteiger charge is -2.35. The van der Waals surface area contributed by atoms with Gasteiger partial charge in [0.1, 0.15) is 31.6 Å². The lowest BCUT2D eigenvalue weighted by molar-refractivity contribution is -0.140. The number of nitrogens with zero attached hydrogens (tertiary/aromatic N) is 2. The molecule has 4 aromatic carbocycles. The van der Waals surface area contributed by atoms with Crippen molar-refractivity contribution in [2.45, 2.75) is 50.2 Å². The maximum absolute atomic E-state index is 14.6. The van der Waals surface area contributed by atoms with Crippen LogP contribution in [0.4, 0.5) is 10.1 Å². The normalized spacial score (nSPS) is 13.4. The second-order valence-electron chi connectivity index (χ2n) is 12.4. The average molecular weight is 739 g/mol. The molecule has 0 saturated carbocycles. The highest BCUT2D eigenvalue weighted by molar-refractivity contribution is 9.10. The van der Waals surface area contributed by atoms with Gasteiger partial charge < -0.3 is 19.7 Å². The molecule has 5 rings (SSSR count). The van der Waals surface area contributed by atoms with Crippen LogP contribution in [0, 0.1) is 5.82 Å². The average Bonchev–Trinajstić information content (AvgIpc) is 3.06. The van der Waals surface area contributed by atoms with Gasteiger partial charge in [-0.15, -0.1) is 0 Å². The van der Waals surface area contributed by atoms with Crippen molar-refractivity contribution >= 4 is 43.5 Å². The first-order valence-electron chi connectivity index (χ1n) is 15.4. The van der Waals surface area contributed by atoms with Crippen LogP contribution in [-0.2, 0) is 32.6 Å². The number of rotatable bonds is 11. The number of anilines is 1. The minimum Gasteiger partial charge on any atom is -0.486 e. The Hall–Kier alpha value is -4.42. The van der Waals surface area contributed by atoms with Crippen LogP contribution in [0.15, 0.2) is 106 Å². The van der Waals surface area contributed by atoms with Gasteiger partial charge in [0.15, 0.2) is 11.5 Å². The Morgan fingerprint density at radius 3 is 2.17 bits per heavy atom. The summed E-state index contributed by atoms with van der Waals surface area (Å²) in [7, 11) is -4.42. The first kappa shape index (κ1) is 34.9. The molecule has 0 unspecified atom stereocenters. The highest BCUT2D eigenvalue weighted by atomic mass is 79.9. The second kappa shape index (κ2) is 14.8. The van der Waals surface area contributed by atoms with Crippen LogP contribution in [0.2, 0.25) is 0 Å². The van der Waals surface area contributed by atoms with Crippen LogP contribution < -0.4 is 19.1 Å². The summed E-state index contributed by atoms with van der Waals surface area (Å²) in [6, 6.07) is 24.7. The minimum atomic E-state index is -4.42. The van der Waals surface area contributed by atoms with Crippen LogP contribution >= 0.6 is 15.9 Å². The van der Waals surface area contributed by atoms with E-state index in [-0.39, 0.29) is 41.8 Å². The monoisotopic (exact) mass is 737 g/mol. The van der Waals surface area contributed by atoms with E-state index in [9.17, 15) is 22.4 Å². The van der Waals surface area contributed by atoms with Gasteiger partial charge in [0.2, 0.25) is 11.8 Å². The summed E-state index contributed by atoms with van der Waals surface area (Å²) < 4.78 is 55.6. The number of halogens is 2. The first-order chi connectivity index (χ1) is 22.8. The number of amides is 2. The van der Waals surface area contributed by atoms with E-state index in [1.54, 1.807) is 0 Å². The predicted octanol–water partition coefficient (Wildman–Crippen LogP) is 6.11. The van der Waals surface area contributed by atoms with Crippen LogP contribution in [0.1, 0.15) is 31.9 Å². The van der Waals surface area contributed by atoms with Crippen molar-refractivity contribution in [2.75, 3.05) is 24.1 Å². The minimum absolute atomic E-state index is 0.0164. The molecule has 0 radical (unpaired) electrons. The standard InChI is InChI=1S/C36H37BrFN3O6S/c1-36(2,3)39-35(43)31(21-25-7-5-4-6-8-25)40(23-26-9-11-27(37)12-10-26)34(42)24-41(29-15-13-28(38)14-16-29)48(44,45)30-17-18-32-33(22-30)47-20-19-46-32/h4-18,22,31H,19-21,23-24H2,1-3H3,(H,39,43)/t31-/m1/s1. The van der Waals surface area contributed by atoms with Gasteiger partial charge in [-0.25, -0.2) is 12.8 Å². The van der Waals surface area contributed by atoms with E-state index in [1.165, 1.54) is 35.2 Å². The van der Waals surface area contributed by atoms with Gasteiger partial charge in [-0.3, -0.25) is 13.9 Å². The van der Waals surface area contributed by atoms with Crippen LogP contribution in [0.25, 0.3) is 0 Å². The highest BCUT2D eigenvalue weighted by Crippen LogP contribution is 2.34. The molecule has 48 heavy (non-hydrogen) atoms. The fourth-order valence-corrected chi connectivity index (χ4v) is 6.94. The Balaban J connectivity index is 1.58. The molecule has 0 saturated heterocycles. The van der Waals surface area contributed by atoms with Crippen LogP contribution in [0.5, 0.6) is 11.5 Å². The molecule has 2 amide bonds. The van der Waals surface area contributed by atoms with Gasteiger partial charge in [-0.1, -0.05) is 58.4 Å². The lowest BCUT2D eigenvalue weighted by atomic mass is 10.0. The zero-order valence-corrected chi connectivity index (χ0v) is 29.3. The molecule has 0 aliphatic carbocycles. The fourth-order valence-electron chi connectivity index (χ4n) is 5.24. The van der Waals surface area contributed by atoms with Crippen molar-refractivity contribution in [3.63, 3.8) is 0 Å². The molecule has 0 aromatic heterocycles. The number of carbonyl (C=O) groups excluding carboxylic acids is 2. The van der Waals surface area contributed by atoms with E-state index in [0.29, 0.717) is 12.4 Å². The Labute approximate surface area is 288 Å². The summed E-state index contributed by atoms with van der Waals surface area (Å²) in [6.45, 7) is 5.47.